The van der Waals surface area contributed by atoms with E-state index >= 15 is 0 Å². The molecule has 0 amide bonds. The minimum atomic E-state index is -0.733. The topological polar surface area (TPSA) is 90.1 Å². The van der Waals surface area contributed by atoms with E-state index in [-0.39, 0.29) is 17.8 Å². The molecule has 0 unspecified atom stereocenters. The maximum atomic E-state index is 10.8. The number of hydrogen-bond acceptors (Lipinski definition) is 6. The summed E-state index contributed by atoms with van der Waals surface area (Å²) in [6, 6.07) is 5.82. The van der Waals surface area contributed by atoms with E-state index in [9.17, 15) is 20.5 Å². The Morgan fingerprint density at radius 2 is 1.75 bits per heavy atom. The van der Waals surface area contributed by atoms with Gasteiger partial charge in [0, 0.05) is 12.1 Å². The zero-order chi connectivity index (χ0) is 14.3. The Kier molecular flexibility index (Phi) is 3.43. The first kappa shape index (κ1) is 13.4. The molecule has 0 aromatic heterocycles. The molecule has 1 saturated carbocycles. The van der Waals surface area contributed by atoms with Gasteiger partial charge in [-0.3, -0.25) is 10.1 Å². The molecule has 0 radical (unpaired) electrons. The van der Waals surface area contributed by atoms with Crippen molar-refractivity contribution in [1.29, 1.82) is 0 Å². The van der Waals surface area contributed by atoms with Crippen LogP contribution >= 0.6 is 0 Å². The standard InChI is InChI=1S/C13H17N3O4/c17-14-11-6-1-2-7-12(11)15(18)13(14)9-4-3-5-10(8-9)16(19)20/h3-5,8,11-13,17-18H,1-2,6-7H2/t11-,12-/m0/s1. The van der Waals surface area contributed by atoms with Gasteiger partial charge in [0.1, 0.15) is 6.17 Å². The van der Waals surface area contributed by atoms with E-state index in [1.54, 1.807) is 12.1 Å². The van der Waals surface area contributed by atoms with Crippen LogP contribution in [0.25, 0.3) is 0 Å². The average Bonchev–Trinajstić information content (AvgIpc) is 2.72. The molecule has 2 atom stereocenters. The molecule has 0 spiro atoms. The number of benzene rings is 1. The molecular formula is C13H17N3O4. The van der Waals surface area contributed by atoms with Gasteiger partial charge in [0.05, 0.1) is 17.0 Å². The lowest BCUT2D eigenvalue weighted by molar-refractivity contribution is -0.385. The number of rotatable bonds is 2. The number of fused-ring (bicyclic) bond motifs is 1. The number of nitro groups is 1. The van der Waals surface area contributed by atoms with Gasteiger partial charge in [0.25, 0.3) is 5.69 Å². The summed E-state index contributed by atoms with van der Waals surface area (Å²) < 4.78 is 0. The summed E-state index contributed by atoms with van der Waals surface area (Å²) >= 11 is 0. The van der Waals surface area contributed by atoms with Crippen LogP contribution in [0, 0.1) is 10.1 Å². The predicted molar refractivity (Wildman–Crippen MR) is 69.1 cm³/mol. The summed E-state index contributed by atoms with van der Waals surface area (Å²) in [5, 5.41) is 33.7. The Morgan fingerprint density at radius 3 is 2.30 bits per heavy atom. The monoisotopic (exact) mass is 279 g/mol. The molecule has 1 aliphatic carbocycles. The van der Waals surface area contributed by atoms with Crippen molar-refractivity contribution in [3.05, 3.63) is 39.9 Å². The van der Waals surface area contributed by atoms with Gasteiger partial charge in [-0.05, 0) is 18.4 Å². The minimum Gasteiger partial charge on any atom is -0.312 e. The molecule has 2 aliphatic rings. The van der Waals surface area contributed by atoms with Crippen molar-refractivity contribution in [2.75, 3.05) is 0 Å². The van der Waals surface area contributed by atoms with Crippen molar-refractivity contribution in [2.45, 2.75) is 43.9 Å². The SMILES string of the molecule is O=[N+]([O-])c1cccc(C2N(O)[C@H]3CCCC[C@@H]3N2O)c1. The van der Waals surface area contributed by atoms with Crippen molar-refractivity contribution in [2.24, 2.45) is 0 Å². The molecular weight excluding hydrogens is 262 g/mol. The molecule has 1 heterocycles. The van der Waals surface area contributed by atoms with Crippen molar-refractivity contribution < 1.29 is 15.3 Å². The molecule has 1 aromatic carbocycles. The Hall–Kier alpha value is -1.54. The molecule has 108 valence electrons. The van der Waals surface area contributed by atoms with Gasteiger partial charge in [0.15, 0.2) is 0 Å². The Morgan fingerprint density at radius 1 is 1.15 bits per heavy atom. The summed E-state index contributed by atoms with van der Waals surface area (Å²) in [6.45, 7) is 0. The summed E-state index contributed by atoms with van der Waals surface area (Å²) in [7, 11) is 0. The molecule has 7 nitrogen and oxygen atoms in total. The molecule has 0 bridgehead atoms. The number of hydroxylamine groups is 4. The summed E-state index contributed by atoms with van der Waals surface area (Å²) in [6.07, 6.45) is 2.96. The molecule has 2 N–H and O–H groups in total. The quantitative estimate of drug-likeness (QED) is 0.637. The molecule has 1 aliphatic heterocycles. The largest absolute Gasteiger partial charge is 0.312 e. The molecule has 20 heavy (non-hydrogen) atoms. The normalized spacial score (nSPS) is 28.5. The molecule has 1 aromatic rings. The van der Waals surface area contributed by atoms with Crippen LogP contribution in [0.5, 0.6) is 0 Å². The van der Waals surface area contributed by atoms with E-state index in [1.807, 2.05) is 0 Å². The van der Waals surface area contributed by atoms with Gasteiger partial charge in [-0.25, -0.2) is 0 Å². The van der Waals surface area contributed by atoms with Gasteiger partial charge in [-0.15, -0.1) is 0 Å². The van der Waals surface area contributed by atoms with Crippen molar-refractivity contribution in [3.8, 4) is 0 Å². The molecule has 1 saturated heterocycles. The zero-order valence-corrected chi connectivity index (χ0v) is 10.9. The Bertz CT molecular complexity index is 506. The lowest BCUT2D eigenvalue weighted by atomic mass is 9.91. The van der Waals surface area contributed by atoms with Gasteiger partial charge in [-0.2, -0.15) is 10.1 Å². The van der Waals surface area contributed by atoms with Gasteiger partial charge in [-0.1, -0.05) is 25.0 Å². The number of nitro benzene ring substituents is 1. The van der Waals surface area contributed by atoms with E-state index in [0.29, 0.717) is 5.56 Å². The van der Waals surface area contributed by atoms with Crippen LogP contribution in [0.15, 0.2) is 24.3 Å². The third-order valence-electron chi connectivity index (χ3n) is 4.25. The third-order valence-corrected chi connectivity index (χ3v) is 4.25. The second-order valence-corrected chi connectivity index (χ2v) is 5.40. The van der Waals surface area contributed by atoms with Gasteiger partial charge < -0.3 is 10.4 Å². The first-order chi connectivity index (χ1) is 9.59. The van der Waals surface area contributed by atoms with Gasteiger partial charge >= 0.3 is 0 Å². The summed E-state index contributed by atoms with van der Waals surface area (Å²) in [5.74, 6) is 0. The second kappa shape index (κ2) is 5.10. The fourth-order valence-corrected chi connectivity index (χ4v) is 3.30. The van der Waals surface area contributed by atoms with Gasteiger partial charge in [0.2, 0.25) is 0 Å². The fraction of sp³-hybridized carbons (Fsp3) is 0.538. The van der Waals surface area contributed by atoms with Crippen LogP contribution in [-0.2, 0) is 0 Å². The maximum absolute atomic E-state index is 10.8. The van der Waals surface area contributed by atoms with Crippen molar-refractivity contribution >= 4 is 5.69 Å². The highest BCUT2D eigenvalue weighted by atomic mass is 16.6. The van der Waals surface area contributed by atoms with Crippen LogP contribution in [0.1, 0.15) is 37.4 Å². The maximum Gasteiger partial charge on any atom is 0.269 e. The fourth-order valence-electron chi connectivity index (χ4n) is 3.30. The van der Waals surface area contributed by atoms with Crippen LogP contribution in [0.2, 0.25) is 0 Å². The lowest BCUT2D eigenvalue weighted by Gasteiger charge is -2.27. The smallest absolute Gasteiger partial charge is 0.269 e. The number of hydrogen-bond donors (Lipinski definition) is 2. The average molecular weight is 279 g/mol. The van der Waals surface area contributed by atoms with E-state index in [0.717, 1.165) is 35.8 Å². The number of non-ortho nitro benzene ring substituents is 1. The Balaban J connectivity index is 1.93. The van der Waals surface area contributed by atoms with E-state index < -0.39 is 11.1 Å². The highest BCUT2D eigenvalue weighted by molar-refractivity contribution is 5.36. The second-order valence-electron chi connectivity index (χ2n) is 5.40. The summed E-state index contributed by atoms with van der Waals surface area (Å²) in [4.78, 5) is 10.4. The molecule has 7 heteroatoms. The minimum absolute atomic E-state index is 0.0424. The molecule has 2 fully saturated rings. The van der Waals surface area contributed by atoms with E-state index in [4.69, 9.17) is 0 Å². The highest BCUT2D eigenvalue weighted by Gasteiger charge is 2.48. The lowest BCUT2D eigenvalue weighted by Crippen LogP contribution is -2.37. The summed E-state index contributed by atoms with van der Waals surface area (Å²) in [5.41, 5.74) is 0.484. The highest BCUT2D eigenvalue weighted by Crippen LogP contribution is 2.41. The van der Waals surface area contributed by atoms with E-state index in [2.05, 4.69) is 0 Å². The Labute approximate surface area is 116 Å². The van der Waals surface area contributed by atoms with E-state index in [1.165, 1.54) is 12.1 Å². The van der Waals surface area contributed by atoms with Crippen molar-refractivity contribution in [3.63, 3.8) is 0 Å². The van der Waals surface area contributed by atoms with Crippen LogP contribution in [-0.4, -0.2) is 37.5 Å². The first-order valence-corrected chi connectivity index (χ1v) is 6.78. The van der Waals surface area contributed by atoms with Crippen LogP contribution in [0.3, 0.4) is 0 Å². The predicted octanol–water partition coefficient (Wildman–Crippen LogP) is 2.30. The van der Waals surface area contributed by atoms with Crippen LogP contribution in [0.4, 0.5) is 5.69 Å². The molecule has 3 rings (SSSR count). The van der Waals surface area contributed by atoms with Crippen LogP contribution < -0.4 is 0 Å². The zero-order valence-electron chi connectivity index (χ0n) is 10.9. The number of nitrogens with zero attached hydrogens (tertiary/aromatic N) is 3. The first-order valence-electron chi connectivity index (χ1n) is 6.78. The third kappa shape index (κ3) is 2.08. The van der Waals surface area contributed by atoms with Crippen molar-refractivity contribution in [1.82, 2.24) is 10.1 Å².